The fraction of sp³-hybridized carbons (Fsp3) is 0.857. The molecule has 2 atom stereocenters. The van der Waals surface area contributed by atoms with Gasteiger partial charge in [-0.15, -0.1) is 0 Å². The normalized spacial score (nSPS) is 28.1. The lowest BCUT2D eigenvalue weighted by atomic mass is 9.85. The highest BCUT2D eigenvalue weighted by molar-refractivity contribution is 6.00. The molecule has 0 aromatic carbocycles. The van der Waals surface area contributed by atoms with Gasteiger partial charge in [0.2, 0.25) is 11.8 Å². The van der Waals surface area contributed by atoms with E-state index in [2.05, 4.69) is 13.8 Å². The molecule has 4 nitrogen and oxygen atoms in total. The maximum absolute atomic E-state index is 12.2. The van der Waals surface area contributed by atoms with Crippen molar-refractivity contribution in [2.75, 3.05) is 13.2 Å². The van der Waals surface area contributed by atoms with Gasteiger partial charge in [0.25, 0.3) is 0 Å². The molecule has 2 fully saturated rings. The van der Waals surface area contributed by atoms with Crippen LogP contribution in [0.5, 0.6) is 0 Å². The van der Waals surface area contributed by atoms with Gasteiger partial charge in [-0.2, -0.15) is 0 Å². The predicted molar refractivity (Wildman–Crippen MR) is 67.7 cm³/mol. The molecule has 0 radical (unpaired) electrons. The van der Waals surface area contributed by atoms with Gasteiger partial charge in [0.05, 0.1) is 0 Å². The summed E-state index contributed by atoms with van der Waals surface area (Å²) in [5.41, 5.74) is -0.106. The maximum atomic E-state index is 12.2. The maximum Gasteiger partial charge on any atom is 0.232 e. The average molecular weight is 253 g/mol. The smallest absolute Gasteiger partial charge is 0.232 e. The number of imide groups is 1. The lowest BCUT2D eigenvalue weighted by Gasteiger charge is -2.36. The number of hydrogen-bond donors (Lipinski definition) is 1. The summed E-state index contributed by atoms with van der Waals surface area (Å²) in [5, 5.41) is 8.89. The molecule has 1 aliphatic carbocycles. The number of aliphatic hydroxyl groups is 1. The SMILES string of the molecule is CC(C)(CCCO)CN1C(=O)C2CCC(C2)C1=O. The number of nitrogens with zero attached hydrogens (tertiary/aromatic N) is 1. The number of likely N-dealkylation sites (tertiary alicyclic amines) is 1. The van der Waals surface area contributed by atoms with Crippen molar-refractivity contribution >= 4 is 11.8 Å². The van der Waals surface area contributed by atoms with E-state index in [4.69, 9.17) is 5.11 Å². The summed E-state index contributed by atoms with van der Waals surface area (Å²) in [6, 6.07) is 0. The second kappa shape index (κ2) is 5.00. The summed E-state index contributed by atoms with van der Waals surface area (Å²) in [7, 11) is 0. The summed E-state index contributed by atoms with van der Waals surface area (Å²) in [6.07, 6.45) is 4.07. The lowest BCUT2D eigenvalue weighted by Crippen LogP contribution is -2.49. The first-order valence-corrected chi connectivity index (χ1v) is 6.91. The van der Waals surface area contributed by atoms with Gasteiger partial charge in [-0.1, -0.05) is 13.8 Å². The number of amides is 2. The molecular weight excluding hydrogens is 230 g/mol. The highest BCUT2D eigenvalue weighted by atomic mass is 16.3. The molecule has 2 unspecified atom stereocenters. The van der Waals surface area contributed by atoms with Crippen LogP contribution in [-0.4, -0.2) is 35.0 Å². The first kappa shape index (κ1) is 13.5. The zero-order chi connectivity index (χ0) is 13.3. The number of carbonyl (C=O) groups is 2. The van der Waals surface area contributed by atoms with Gasteiger partial charge in [-0.05, 0) is 37.5 Å². The topological polar surface area (TPSA) is 57.6 Å². The van der Waals surface area contributed by atoms with Gasteiger partial charge >= 0.3 is 0 Å². The average Bonchev–Trinajstić information content (AvgIpc) is 2.77. The summed E-state index contributed by atoms with van der Waals surface area (Å²) in [5.74, 6) is 0.235. The Morgan fingerprint density at radius 3 is 2.28 bits per heavy atom. The van der Waals surface area contributed by atoms with Crippen LogP contribution in [0.4, 0.5) is 0 Å². The van der Waals surface area contributed by atoms with E-state index in [0.29, 0.717) is 6.54 Å². The van der Waals surface area contributed by atoms with Crippen molar-refractivity contribution < 1.29 is 14.7 Å². The molecule has 1 saturated heterocycles. The van der Waals surface area contributed by atoms with E-state index in [0.717, 1.165) is 32.1 Å². The molecule has 18 heavy (non-hydrogen) atoms. The molecule has 2 aliphatic rings. The van der Waals surface area contributed by atoms with Crippen LogP contribution in [0.25, 0.3) is 0 Å². The largest absolute Gasteiger partial charge is 0.396 e. The quantitative estimate of drug-likeness (QED) is 0.757. The Balaban J connectivity index is 2.03. The number of aliphatic hydroxyl groups excluding tert-OH is 1. The van der Waals surface area contributed by atoms with Crippen LogP contribution < -0.4 is 0 Å². The van der Waals surface area contributed by atoms with Gasteiger partial charge in [-0.25, -0.2) is 0 Å². The Hall–Kier alpha value is -0.900. The molecular formula is C14H23NO3. The summed E-state index contributed by atoms with van der Waals surface area (Å²) < 4.78 is 0. The fourth-order valence-corrected chi connectivity index (χ4v) is 3.20. The summed E-state index contributed by atoms with van der Waals surface area (Å²) >= 11 is 0. The Kier molecular flexibility index (Phi) is 3.76. The third kappa shape index (κ3) is 2.58. The van der Waals surface area contributed by atoms with Crippen molar-refractivity contribution in [3.05, 3.63) is 0 Å². The zero-order valence-electron chi connectivity index (χ0n) is 11.3. The van der Waals surface area contributed by atoms with E-state index >= 15 is 0 Å². The van der Waals surface area contributed by atoms with Crippen molar-refractivity contribution in [1.82, 2.24) is 4.90 Å². The van der Waals surface area contributed by atoms with Gasteiger partial charge in [0, 0.05) is 25.0 Å². The van der Waals surface area contributed by atoms with E-state index in [1.54, 1.807) is 0 Å². The molecule has 1 saturated carbocycles. The van der Waals surface area contributed by atoms with Crippen LogP contribution in [0.3, 0.4) is 0 Å². The van der Waals surface area contributed by atoms with Gasteiger partial charge in [0.15, 0.2) is 0 Å². The van der Waals surface area contributed by atoms with Crippen LogP contribution in [0.1, 0.15) is 46.0 Å². The molecule has 0 aromatic heterocycles. The van der Waals surface area contributed by atoms with Gasteiger partial charge in [0.1, 0.15) is 0 Å². The molecule has 1 N–H and O–H groups in total. The zero-order valence-corrected chi connectivity index (χ0v) is 11.3. The monoisotopic (exact) mass is 253 g/mol. The molecule has 1 aliphatic heterocycles. The third-order valence-electron chi connectivity index (χ3n) is 4.26. The summed E-state index contributed by atoms with van der Waals surface area (Å²) in [4.78, 5) is 25.9. The van der Waals surface area contributed by atoms with Crippen LogP contribution >= 0.6 is 0 Å². The number of hydrogen-bond acceptors (Lipinski definition) is 3. The van der Waals surface area contributed by atoms with Gasteiger partial charge < -0.3 is 5.11 Å². The Bertz CT molecular complexity index is 329. The molecule has 4 heteroatoms. The standard InChI is InChI=1S/C14H23NO3/c1-14(2,6-3-7-16)9-15-12(17)10-4-5-11(8-10)13(15)18/h10-11,16H,3-9H2,1-2H3. The van der Waals surface area contributed by atoms with Gasteiger partial charge in [-0.3, -0.25) is 14.5 Å². The Labute approximate surface area is 108 Å². The second-order valence-corrected chi connectivity index (χ2v) is 6.46. The van der Waals surface area contributed by atoms with Crippen LogP contribution in [-0.2, 0) is 9.59 Å². The highest BCUT2D eigenvalue weighted by Crippen LogP contribution is 2.39. The molecule has 2 amide bonds. The minimum absolute atomic E-state index is 0.0332. The lowest BCUT2D eigenvalue weighted by molar-refractivity contribution is -0.154. The predicted octanol–water partition coefficient (Wildman–Crippen LogP) is 1.57. The molecule has 0 spiro atoms. The summed E-state index contributed by atoms with van der Waals surface area (Å²) in [6.45, 7) is 4.77. The van der Waals surface area contributed by atoms with Crippen LogP contribution in [0, 0.1) is 17.3 Å². The Morgan fingerprint density at radius 2 is 1.78 bits per heavy atom. The van der Waals surface area contributed by atoms with Crippen LogP contribution in [0.15, 0.2) is 0 Å². The van der Waals surface area contributed by atoms with E-state index in [1.807, 2.05) is 0 Å². The fourth-order valence-electron chi connectivity index (χ4n) is 3.20. The molecule has 102 valence electrons. The molecule has 2 rings (SSSR count). The molecule has 1 heterocycles. The van der Waals surface area contributed by atoms with Crippen molar-refractivity contribution in [3.63, 3.8) is 0 Å². The number of carbonyl (C=O) groups excluding carboxylic acids is 2. The van der Waals surface area contributed by atoms with Crippen molar-refractivity contribution in [1.29, 1.82) is 0 Å². The minimum Gasteiger partial charge on any atom is -0.396 e. The number of fused-ring (bicyclic) bond motifs is 2. The molecule has 2 bridgehead atoms. The molecule has 0 aromatic rings. The minimum atomic E-state index is -0.106. The number of piperidine rings is 1. The van der Waals surface area contributed by atoms with E-state index in [1.165, 1.54) is 4.90 Å². The van der Waals surface area contributed by atoms with E-state index in [9.17, 15) is 9.59 Å². The first-order chi connectivity index (χ1) is 8.44. The Morgan fingerprint density at radius 1 is 1.22 bits per heavy atom. The second-order valence-electron chi connectivity index (χ2n) is 6.46. The van der Waals surface area contributed by atoms with Crippen LogP contribution in [0.2, 0.25) is 0 Å². The van der Waals surface area contributed by atoms with E-state index < -0.39 is 0 Å². The number of rotatable bonds is 5. The van der Waals surface area contributed by atoms with Crippen molar-refractivity contribution in [2.45, 2.75) is 46.0 Å². The van der Waals surface area contributed by atoms with E-state index in [-0.39, 0.29) is 35.7 Å². The third-order valence-corrected chi connectivity index (χ3v) is 4.26. The van der Waals surface area contributed by atoms with Crippen molar-refractivity contribution in [3.8, 4) is 0 Å². The van der Waals surface area contributed by atoms with Crippen molar-refractivity contribution in [2.24, 2.45) is 17.3 Å². The highest BCUT2D eigenvalue weighted by Gasteiger charge is 2.46. The first-order valence-electron chi connectivity index (χ1n) is 6.91.